The Morgan fingerprint density at radius 1 is 1.05 bits per heavy atom. The molecule has 3 N–H and O–H groups in total. The van der Waals surface area contributed by atoms with Crippen molar-refractivity contribution in [3.8, 4) is 0 Å². The second-order valence-corrected chi connectivity index (χ2v) is 4.95. The summed E-state index contributed by atoms with van der Waals surface area (Å²) < 4.78 is 0. The Labute approximate surface area is 113 Å². The van der Waals surface area contributed by atoms with Crippen LogP contribution in [0.25, 0.3) is 0 Å². The van der Waals surface area contributed by atoms with E-state index in [-0.39, 0.29) is 18.0 Å². The van der Waals surface area contributed by atoms with Gasteiger partial charge in [-0.15, -0.1) is 0 Å². The van der Waals surface area contributed by atoms with E-state index < -0.39 is 24.6 Å². The lowest BCUT2D eigenvalue weighted by molar-refractivity contribution is -0.138. The molecular weight excluding hydrogens is 250 g/mol. The van der Waals surface area contributed by atoms with Gasteiger partial charge in [-0.05, 0) is 34.6 Å². The van der Waals surface area contributed by atoms with Crippen LogP contribution in [-0.4, -0.2) is 52.6 Å². The molecule has 0 aliphatic heterocycles. The molecule has 0 aromatic carbocycles. The first kappa shape index (κ1) is 17.2. The number of carboxylic acids is 1. The monoisotopic (exact) mass is 273 g/mol. The summed E-state index contributed by atoms with van der Waals surface area (Å²) in [7, 11) is 0. The van der Waals surface area contributed by atoms with Crippen LogP contribution < -0.4 is 10.6 Å². The summed E-state index contributed by atoms with van der Waals surface area (Å²) in [5.41, 5.74) is 0. The maximum absolute atomic E-state index is 11.9. The molecule has 0 saturated heterocycles. The van der Waals surface area contributed by atoms with Gasteiger partial charge >= 0.3 is 12.0 Å². The van der Waals surface area contributed by atoms with Crippen LogP contribution in [0.1, 0.15) is 34.6 Å². The molecule has 0 spiro atoms. The summed E-state index contributed by atoms with van der Waals surface area (Å²) in [4.78, 5) is 35.4. The lowest BCUT2D eigenvalue weighted by Gasteiger charge is -2.27. The van der Waals surface area contributed by atoms with Gasteiger partial charge in [0.15, 0.2) is 0 Å². The van der Waals surface area contributed by atoms with E-state index in [9.17, 15) is 14.4 Å². The van der Waals surface area contributed by atoms with Crippen molar-refractivity contribution in [2.45, 2.75) is 52.7 Å². The third-order valence-corrected chi connectivity index (χ3v) is 2.35. The van der Waals surface area contributed by atoms with Crippen molar-refractivity contribution in [3.63, 3.8) is 0 Å². The van der Waals surface area contributed by atoms with Crippen LogP contribution in [0.15, 0.2) is 0 Å². The minimum absolute atomic E-state index is 0.0212. The molecule has 0 bridgehead atoms. The van der Waals surface area contributed by atoms with Gasteiger partial charge in [0.25, 0.3) is 0 Å². The van der Waals surface area contributed by atoms with E-state index in [1.165, 1.54) is 0 Å². The molecular formula is C12H23N3O4. The number of aliphatic carboxylic acids is 1. The van der Waals surface area contributed by atoms with Crippen molar-refractivity contribution in [2.75, 3.05) is 6.54 Å². The van der Waals surface area contributed by atoms with E-state index in [2.05, 4.69) is 10.6 Å². The van der Waals surface area contributed by atoms with E-state index in [0.717, 1.165) is 4.90 Å². The topological polar surface area (TPSA) is 98.7 Å². The Morgan fingerprint density at radius 2 is 1.58 bits per heavy atom. The van der Waals surface area contributed by atoms with Gasteiger partial charge in [-0.2, -0.15) is 0 Å². The number of hydrogen-bond acceptors (Lipinski definition) is 3. The molecule has 0 aromatic rings. The Hall–Kier alpha value is -1.79. The van der Waals surface area contributed by atoms with Gasteiger partial charge in [-0.3, -0.25) is 9.59 Å². The van der Waals surface area contributed by atoms with E-state index in [4.69, 9.17) is 5.11 Å². The molecule has 0 aromatic heterocycles. The smallest absolute Gasteiger partial charge is 0.323 e. The molecule has 0 fully saturated rings. The highest BCUT2D eigenvalue weighted by atomic mass is 16.4. The number of rotatable bonds is 6. The van der Waals surface area contributed by atoms with Crippen LogP contribution in [0.4, 0.5) is 4.79 Å². The Morgan fingerprint density at radius 3 is 1.95 bits per heavy atom. The van der Waals surface area contributed by atoms with Crippen molar-refractivity contribution in [1.82, 2.24) is 15.5 Å². The van der Waals surface area contributed by atoms with Crippen molar-refractivity contribution in [1.29, 1.82) is 0 Å². The fourth-order valence-electron chi connectivity index (χ4n) is 1.38. The second kappa shape index (κ2) is 7.60. The summed E-state index contributed by atoms with van der Waals surface area (Å²) in [5, 5.41) is 13.9. The summed E-state index contributed by atoms with van der Waals surface area (Å²) in [5.74, 6) is -1.40. The third-order valence-electron chi connectivity index (χ3n) is 2.35. The largest absolute Gasteiger partial charge is 0.480 e. The van der Waals surface area contributed by atoms with Gasteiger partial charge in [0.2, 0.25) is 5.91 Å². The number of carbonyl (C=O) groups is 3. The average molecular weight is 273 g/mol. The van der Waals surface area contributed by atoms with Crippen LogP contribution in [0.3, 0.4) is 0 Å². The first-order valence-corrected chi connectivity index (χ1v) is 6.24. The zero-order valence-electron chi connectivity index (χ0n) is 12.1. The Balaban J connectivity index is 4.55. The number of nitrogens with one attached hydrogen (secondary N) is 2. The number of urea groups is 1. The number of amides is 3. The molecule has 1 unspecified atom stereocenters. The second-order valence-electron chi connectivity index (χ2n) is 4.95. The van der Waals surface area contributed by atoms with Gasteiger partial charge in [0.1, 0.15) is 12.6 Å². The molecule has 1 atom stereocenters. The molecule has 0 aliphatic carbocycles. The van der Waals surface area contributed by atoms with Gasteiger partial charge in [0.05, 0.1) is 0 Å². The lowest BCUT2D eigenvalue weighted by atomic mass is 10.2. The van der Waals surface area contributed by atoms with Crippen LogP contribution in [0, 0.1) is 0 Å². The first-order valence-electron chi connectivity index (χ1n) is 6.24. The molecule has 0 saturated carbocycles. The fourth-order valence-corrected chi connectivity index (χ4v) is 1.38. The first-order chi connectivity index (χ1) is 8.65. The zero-order chi connectivity index (χ0) is 15.2. The molecule has 19 heavy (non-hydrogen) atoms. The summed E-state index contributed by atoms with van der Waals surface area (Å²) >= 11 is 0. The van der Waals surface area contributed by atoms with Crippen LogP contribution in [0.5, 0.6) is 0 Å². The van der Waals surface area contributed by atoms with Crippen LogP contribution in [-0.2, 0) is 9.59 Å². The molecule has 0 aliphatic rings. The standard InChI is InChI=1S/C12H23N3O4/c1-7(2)13-11(18)9(5)14-12(19)15(8(3)4)6-10(16)17/h7-9H,6H2,1-5H3,(H,13,18)(H,14,19)(H,16,17). The maximum atomic E-state index is 11.9. The number of carbonyl (C=O) groups excluding carboxylic acids is 2. The quantitative estimate of drug-likeness (QED) is 0.652. The highest BCUT2D eigenvalue weighted by Gasteiger charge is 2.23. The predicted octanol–water partition coefficient (Wildman–Crippen LogP) is 0.404. The van der Waals surface area contributed by atoms with Crippen molar-refractivity contribution < 1.29 is 19.5 Å². The molecule has 0 rings (SSSR count). The van der Waals surface area contributed by atoms with Gasteiger partial charge < -0.3 is 20.6 Å². The summed E-state index contributed by atoms with van der Waals surface area (Å²) in [6, 6.07) is -1.57. The number of nitrogens with zero attached hydrogens (tertiary/aromatic N) is 1. The SMILES string of the molecule is CC(C)NC(=O)C(C)NC(=O)N(CC(=O)O)C(C)C. The molecule has 110 valence electrons. The predicted molar refractivity (Wildman–Crippen MR) is 70.8 cm³/mol. The molecule has 7 heteroatoms. The fraction of sp³-hybridized carbons (Fsp3) is 0.750. The van der Waals surface area contributed by atoms with E-state index in [1.807, 2.05) is 13.8 Å². The van der Waals surface area contributed by atoms with Gasteiger partial charge in [0, 0.05) is 12.1 Å². The number of hydrogen-bond donors (Lipinski definition) is 3. The van der Waals surface area contributed by atoms with Crippen LogP contribution >= 0.6 is 0 Å². The molecule has 7 nitrogen and oxygen atoms in total. The normalized spacial score (nSPS) is 12.2. The van der Waals surface area contributed by atoms with Crippen molar-refractivity contribution in [3.05, 3.63) is 0 Å². The van der Waals surface area contributed by atoms with Crippen LogP contribution in [0.2, 0.25) is 0 Å². The van der Waals surface area contributed by atoms with E-state index in [0.29, 0.717) is 0 Å². The minimum Gasteiger partial charge on any atom is -0.480 e. The Bertz CT molecular complexity index is 342. The van der Waals surface area contributed by atoms with Crippen molar-refractivity contribution >= 4 is 17.9 Å². The highest BCUT2D eigenvalue weighted by Crippen LogP contribution is 1.99. The summed E-state index contributed by atoms with van der Waals surface area (Å²) in [6.07, 6.45) is 0. The summed E-state index contributed by atoms with van der Waals surface area (Å²) in [6.45, 7) is 8.20. The minimum atomic E-state index is -1.09. The van der Waals surface area contributed by atoms with Crippen molar-refractivity contribution in [2.24, 2.45) is 0 Å². The Kier molecular flexibility index (Phi) is 6.89. The lowest BCUT2D eigenvalue weighted by Crippen LogP contribution is -2.53. The number of carboxylic acid groups (broad SMARTS) is 1. The average Bonchev–Trinajstić information content (AvgIpc) is 2.23. The molecule has 0 heterocycles. The van der Waals surface area contributed by atoms with Gasteiger partial charge in [-0.1, -0.05) is 0 Å². The molecule has 0 radical (unpaired) electrons. The van der Waals surface area contributed by atoms with Gasteiger partial charge in [-0.25, -0.2) is 4.79 Å². The van der Waals surface area contributed by atoms with E-state index >= 15 is 0 Å². The highest BCUT2D eigenvalue weighted by molar-refractivity contribution is 5.88. The van der Waals surface area contributed by atoms with E-state index in [1.54, 1.807) is 20.8 Å². The molecule has 3 amide bonds. The maximum Gasteiger partial charge on any atom is 0.323 e. The zero-order valence-corrected chi connectivity index (χ0v) is 12.1. The third kappa shape index (κ3) is 6.64.